The molecule has 0 fully saturated rings. The number of hydrogen-bond donors (Lipinski definition) is 2. The average molecular weight is 227 g/mol. The van der Waals surface area contributed by atoms with Gasteiger partial charge in [0.2, 0.25) is 5.95 Å². The Balaban J connectivity index is 3.15. The number of hydrogen-bond acceptors (Lipinski definition) is 7. The number of nitrogens with one attached hydrogen (secondary N) is 1. The van der Waals surface area contributed by atoms with Crippen molar-refractivity contribution in [1.29, 1.82) is 0 Å². The van der Waals surface area contributed by atoms with Crippen LogP contribution in [-0.2, 0) is 0 Å². The van der Waals surface area contributed by atoms with Gasteiger partial charge in [0.1, 0.15) is 11.8 Å². The molecule has 0 aliphatic heterocycles. The minimum atomic E-state index is -0.610. The van der Waals surface area contributed by atoms with Crippen molar-refractivity contribution in [1.82, 2.24) is 9.97 Å². The van der Waals surface area contributed by atoms with Crippen LogP contribution in [0, 0.1) is 10.1 Å². The highest BCUT2D eigenvalue weighted by Gasteiger charge is 2.23. The zero-order chi connectivity index (χ0) is 12.3. The largest absolute Gasteiger partial charge is 0.467 e. The molecule has 1 aromatic heterocycles. The van der Waals surface area contributed by atoms with Gasteiger partial charge in [-0.1, -0.05) is 0 Å². The SMILES string of the molecule is CC(C)(C)Oc1nc(NN)ncc1[N+](=O)[O-]. The summed E-state index contributed by atoms with van der Waals surface area (Å²) < 4.78 is 5.35. The fourth-order valence-electron chi connectivity index (χ4n) is 0.920. The molecule has 0 bridgehead atoms. The van der Waals surface area contributed by atoms with Gasteiger partial charge in [-0.05, 0) is 20.8 Å². The molecule has 16 heavy (non-hydrogen) atoms. The monoisotopic (exact) mass is 227 g/mol. The van der Waals surface area contributed by atoms with Gasteiger partial charge < -0.3 is 4.74 Å². The third-order valence-corrected chi connectivity index (χ3v) is 1.46. The summed E-state index contributed by atoms with van der Waals surface area (Å²) in [7, 11) is 0. The standard InChI is InChI=1S/C8H13N5O3/c1-8(2,3)16-6-5(13(14)15)4-10-7(11-6)12-9/h4H,9H2,1-3H3,(H,10,11,12). The van der Waals surface area contributed by atoms with Crippen LogP contribution in [0.5, 0.6) is 5.88 Å². The summed E-state index contributed by atoms with van der Waals surface area (Å²) in [5, 5.41) is 10.7. The predicted molar refractivity (Wildman–Crippen MR) is 56.9 cm³/mol. The van der Waals surface area contributed by atoms with Crippen LogP contribution >= 0.6 is 0 Å². The third kappa shape index (κ3) is 3.02. The molecular weight excluding hydrogens is 214 g/mol. The predicted octanol–water partition coefficient (Wildman–Crippen LogP) is 0.848. The van der Waals surface area contributed by atoms with Crippen molar-refractivity contribution in [3.63, 3.8) is 0 Å². The molecule has 1 rings (SSSR count). The zero-order valence-corrected chi connectivity index (χ0v) is 9.22. The fraction of sp³-hybridized carbons (Fsp3) is 0.500. The van der Waals surface area contributed by atoms with Gasteiger partial charge in [0.25, 0.3) is 5.88 Å². The Labute approximate surface area is 92.0 Å². The molecule has 8 nitrogen and oxygen atoms in total. The summed E-state index contributed by atoms with van der Waals surface area (Å²) in [4.78, 5) is 17.5. The number of hydrazine groups is 1. The number of rotatable bonds is 3. The highest BCUT2D eigenvalue weighted by atomic mass is 16.6. The Bertz CT molecular complexity index is 401. The maximum atomic E-state index is 10.7. The number of ether oxygens (including phenoxy) is 1. The van der Waals surface area contributed by atoms with Gasteiger partial charge in [-0.25, -0.2) is 10.8 Å². The summed E-state index contributed by atoms with van der Waals surface area (Å²) in [6.07, 6.45) is 1.04. The van der Waals surface area contributed by atoms with E-state index in [1.165, 1.54) is 0 Å². The quantitative estimate of drug-likeness (QED) is 0.446. The van der Waals surface area contributed by atoms with Crippen molar-refractivity contribution in [3.05, 3.63) is 16.3 Å². The second kappa shape index (κ2) is 4.27. The molecule has 0 aliphatic carbocycles. The molecule has 0 saturated carbocycles. The molecule has 0 unspecified atom stereocenters. The van der Waals surface area contributed by atoms with Gasteiger partial charge >= 0.3 is 5.69 Å². The fourth-order valence-corrected chi connectivity index (χ4v) is 0.920. The first-order valence-corrected chi connectivity index (χ1v) is 4.50. The second-order valence-electron chi connectivity index (χ2n) is 4.00. The van der Waals surface area contributed by atoms with Gasteiger partial charge in [-0.3, -0.25) is 15.5 Å². The lowest BCUT2D eigenvalue weighted by atomic mass is 10.2. The normalized spacial score (nSPS) is 11.0. The molecule has 0 aromatic carbocycles. The van der Waals surface area contributed by atoms with Crippen LogP contribution in [0.3, 0.4) is 0 Å². The Morgan fingerprint density at radius 2 is 2.19 bits per heavy atom. The van der Waals surface area contributed by atoms with E-state index in [4.69, 9.17) is 10.6 Å². The first-order valence-electron chi connectivity index (χ1n) is 4.50. The van der Waals surface area contributed by atoms with E-state index in [-0.39, 0.29) is 17.5 Å². The van der Waals surface area contributed by atoms with E-state index in [0.717, 1.165) is 6.20 Å². The van der Waals surface area contributed by atoms with Gasteiger partial charge in [0.05, 0.1) is 4.92 Å². The topological polar surface area (TPSA) is 116 Å². The van der Waals surface area contributed by atoms with Gasteiger partial charge in [-0.2, -0.15) is 4.98 Å². The van der Waals surface area contributed by atoms with Crippen molar-refractivity contribution >= 4 is 11.6 Å². The molecule has 0 saturated heterocycles. The molecule has 0 amide bonds. The number of nitrogen functional groups attached to an aromatic ring is 1. The molecule has 3 N–H and O–H groups in total. The van der Waals surface area contributed by atoms with Crippen LogP contribution in [0.2, 0.25) is 0 Å². The molecule has 0 radical (unpaired) electrons. The van der Waals surface area contributed by atoms with Crippen LogP contribution < -0.4 is 16.0 Å². The van der Waals surface area contributed by atoms with E-state index in [2.05, 4.69) is 15.4 Å². The van der Waals surface area contributed by atoms with Crippen molar-refractivity contribution in [3.8, 4) is 5.88 Å². The molecule has 0 atom stereocenters. The molecule has 1 aromatic rings. The Hall–Kier alpha value is -1.96. The van der Waals surface area contributed by atoms with E-state index >= 15 is 0 Å². The minimum Gasteiger partial charge on any atom is -0.467 e. The zero-order valence-electron chi connectivity index (χ0n) is 9.22. The molecular formula is C8H13N5O3. The Morgan fingerprint density at radius 1 is 1.56 bits per heavy atom. The Morgan fingerprint density at radius 3 is 2.62 bits per heavy atom. The molecule has 0 aliphatic rings. The van der Waals surface area contributed by atoms with Crippen LogP contribution in [-0.4, -0.2) is 20.5 Å². The molecule has 88 valence electrons. The van der Waals surface area contributed by atoms with Crippen LogP contribution in [0.25, 0.3) is 0 Å². The second-order valence-corrected chi connectivity index (χ2v) is 4.00. The van der Waals surface area contributed by atoms with Crippen molar-refractivity contribution in [2.45, 2.75) is 26.4 Å². The van der Waals surface area contributed by atoms with E-state index in [1.54, 1.807) is 20.8 Å². The van der Waals surface area contributed by atoms with Crippen molar-refractivity contribution < 1.29 is 9.66 Å². The minimum absolute atomic E-state index is 0.0600. The molecule has 0 spiro atoms. The Kier molecular flexibility index (Phi) is 3.23. The molecule has 8 heteroatoms. The van der Waals surface area contributed by atoms with E-state index in [0.29, 0.717) is 0 Å². The number of anilines is 1. The maximum absolute atomic E-state index is 10.7. The third-order valence-electron chi connectivity index (χ3n) is 1.46. The van der Waals surface area contributed by atoms with Crippen LogP contribution in [0.4, 0.5) is 11.6 Å². The summed E-state index contributed by atoms with van der Waals surface area (Å²) >= 11 is 0. The van der Waals surface area contributed by atoms with E-state index in [9.17, 15) is 10.1 Å². The lowest BCUT2D eigenvalue weighted by Gasteiger charge is -2.19. The first kappa shape index (κ1) is 12.1. The highest BCUT2D eigenvalue weighted by Crippen LogP contribution is 2.27. The van der Waals surface area contributed by atoms with E-state index < -0.39 is 10.5 Å². The number of nitro groups is 1. The lowest BCUT2D eigenvalue weighted by Crippen LogP contribution is -2.24. The van der Waals surface area contributed by atoms with Crippen molar-refractivity contribution in [2.24, 2.45) is 5.84 Å². The lowest BCUT2D eigenvalue weighted by molar-refractivity contribution is -0.386. The summed E-state index contributed by atoms with van der Waals surface area (Å²) in [6.45, 7) is 5.27. The maximum Gasteiger partial charge on any atom is 0.349 e. The molecule has 1 heterocycles. The number of aromatic nitrogens is 2. The number of nitrogens with zero attached hydrogens (tertiary/aromatic N) is 3. The number of nitrogens with two attached hydrogens (primary N) is 1. The summed E-state index contributed by atoms with van der Waals surface area (Å²) in [5.41, 5.74) is 1.30. The summed E-state index contributed by atoms with van der Waals surface area (Å²) in [6, 6.07) is 0. The first-order chi connectivity index (χ1) is 7.33. The van der Waals surface area contributed by atoms with Crippen LogP contribution in [0.1, 0.15) is 20.8 Å². The smallest absolute Gasteiger partial charge is 0.349 e. The van der Waals surface area contributed by atoms with Crippen LogP contribution in [0.15, 0.2) is 6.20 Å². The summed E-state index contributed by atoms with van der Waals surface area (Å²) in [5.74, 6) is 5.06. The van der Waals surface area contributed by atoms with Gasteiger partial charge in [-0.15, -0.1) is 0 Å². The van der Waals surface area contributed by atoms with Gasteiger partial charge in [0, 0.05) is 0 Å². The highest BCUT2D eigenvalue weighted by molar-refractivity contribution is 5.42. The van der Waals surface area contributed by atoms with E-state index in [1.807, 2.05) is 0 Å². The van der Waals surface area contributed by atoms with Gasteiger partial charge in [0.15, 0.2) is 0 Å². The average Bonchev–Trinajstić information content (AvgIpc) is 2.14. The van der Waals surface area contributed by atoms with Crippen molar-refractivity contribution in [2.75, 3.05) is 5.43 Å².